The SMILES string of the molecule is CN(Cc1cccs1)C(=O)COC(=O)C1=CN2CCS(=O)(=O)N=C2C=C1. The van der Waals surface area contributed by atoms with Crippen LogP contribution in [0.25, 0.3) is 0 Å². The molecular formula is C16H17N3O5S2. The van der Waals surface area contributed by atoms with E-state index in [1.54, 1.807) is 23.3 Å². The molecule has 8 nitrogen and oxygen atoms in total. The van der Waals surface area contributed by atoms with Gasteiger partial charge < -0.3 is 14.5 Å². The first-order valence-electron chi connectivity index (χ1n) is 7.77. The molecule has 3 heterocycles. The van der Waals surface area contributed by atoms with Gasteiger partial charge in [0.25, 0.3) is 15.9 Å². The Morgan fingerprint density at radius 3 is 2.92 bits per heavy atom. The van der Waals surface area contributed by atoms with Crippen molar-refractivity contribution in [3.8, 4) is 0 Å². The number of amides is 1. The van der Waals surface area contributed by atoms with Crippen molar-refractivity contribution in [1.82, 2.24) is 9.80 Å². The number of fused-ring (bicyclic) bond motifs is 1. The van der Waals surface area contributed by atoms with Gasteiger partial charge in [-0.15, -0.1) is 15.7 Å². The third kappa shape index (κ3) is 4.38. The van der Waals surface area contributed by atoms with Crippen LogP contribution in [0.15, 0.2) is 45.8 Å². The maximum atomic E-state index is 12.1. The van der Waals surface area contributed by atoms with E-state index in [2.05, 4.69) is 4.40 Å². The fourth-order valence-corrected chi connectivity index (χ4v) is 4.09. The molecule has 2 aliphatic heterocycles. The molecule has 0 aliphatic carbocycles. The van der Waals surface area contributed by atoms with Crippen molar-refractivity contribution in [2.75, 3.05) is 26.0 Å². The third-order valence-corrected chi connectivity index (χ3v) is 5.81. The highest BCUT2D eigenvalue weighted by Gasteiger charge is 2.25. The monoisotopic (exact) mass is 395 g/mol. The first-order valence-corrected chi connectivity index (χ1v) is 10.3. The summed E-state index contributed by atoms with van der Waals surface area (Å²) in [5.41, 5.74) is 0.233. The number of thiophene rings is 1. The molecule has 0 N–H and O–H groups in total. The summed E-state index contributed by atoms with van der Waals surface area (Å²) < 4.78 is 31.7. The van der Waals surface area contributed by atoms with E-state index in [9.17, 15) is 18.0 Å². The topological polar surface area (TPSA) is 96.4 Å². The molecule has 1 aromatic rings. The highest BCUT2D eigenvalue weighted by atomic mass is 32.2. The number of hydrogen-bond donors (Lipinski definition) is 0. The van der Waals surface area contributed by atoms with Gasteiger partial charge in [-0.3, -0.25) is 4.79 Å². The Morgan fingerprint density at radius 2 is 2.19 bits per heavy atom. The zero-order valence-electron chi connectivity index (χ0n) is 14.0. The maximum Gasteiger partial charge on any atom is 0.340 e. The van der Waals surface area contributed by atoms with Crippen LogP contribution < -0.4 is 0 Å². The number of amidine groups is 1. The second-order valence-electron chi connectivity index (χ2n) is 5.75. The van der Waals surface area contributed by atoms with Gasteiger partial charge in [0.2, 0.25) is 0 Å². The summed E-state index contributed by atoms with van der Waals surface area (Å²) in [5.74, 6) is -0.806. The van der Waals surface area contributed by atoms with Gasteiger partial charge >= 0.3 is 5.97 Å². The minimum atomic E-state index is -3.44. The Kier molecular flexibility index (Phi) is 5.23. The lowest BCUT2D eigenvalue weighted by atomic mass is 10.2. The Hall–Kier alpha value is -2.46. The smallest absolute Gasteiger partial charge is 0.340 e. The molecule has 0 fully saturated rings. The predicted octanol–water partition coefficient (Wildman–Crippen LogP) is 0.747. The zero-order chi connectivity index (χ0) is 18.7. The molecule has 0 unspecified atom stereocenters. The first-order chi connectivity index (χ1) is 12.3. The van der Waals surface area contributed by atoms with Crippen LogP contribution in [0.1, 0.15) is 4.88 Å². The van der Waals surface area contributed by atoms with E-state index in [1.165, 1.54) is 23.3 Å². The predicted molar refractivity (Wildman–Crippen MR) is 96.9 cm³/mol. The first kappa shape index (κ1) is 18.3. The standard InChI is InChI=1S/C16H17N3O5S2/c1-18(10-13-3-2-7-25-13)15(20)11-24-16(21)12-4-5-14-17-26(22,23)8-6-19(14)9-12/h2-5,7,9H,6,8,10-11H2,1H3. The Balaban J connectivity index is 1.55. The van der Waals surface area contributed by atoms with E-state index in [1.807, 2.05) is 17.5 Å². The number of hydrogen-bond acceptors (Lipinski definition) is 7. The van der Waals surface area contributed by atoms with Crippen molar-refractivity contribution in [3.05, 3.63) is 46.3 Å². The summed E-state index contributed by atoms with van der Waals surface area (Å²) in [6.07, 6.45) is 4.35. The lowest BCUT2D eigenvalue weighted by Crippen LogP contribution is -2.37. The second-order valence-corrected chi connectivity index (χ2v) is 8.54. The summed E-state index contributed by atoms with van der Waals surface area (Å²) in [7, 11) is -1.80. The van der Waals surface area contributed by atoms with Gasteiger partial charge in [-0.2, -0.15) is 0 Å². The number of carbonyl (C=O) groups excluding carboxylic acids is 2. The van der Waals surface area contributed by atoms with Crippen LogP contribution in [0.2, 0.25) is 0 Å². The molecule has 1 aromatic heterocycles. The number of rotatable bonds is 5. The van der Waals surface area contributed by atoms with E-state index < -0.39 is 16.0 Å². The van der Waals surface area contributed by atoms with Crippen molar-refractivity contribution in [2.24, 2.45) is 4.40 Å². The molecule has 0 bridgehead atoms. The molecule has 0 saturated carbocycles. The largest absolute Gasteiger partial charge is 0.452 e. The summed E-state index contributed by atoms with van der Waals surface area (Å²) in [6, 6.07) is 3.83. The van der Waals surface area contributed by atoms with Gasteiger partial charge in [-0.1, -0.05) is 6.07 Å². The average Bonchev–Trinajstić information content (AvgIpc) is 3.11. The van der Waals surface area contributed by atoms with Gasteiger partial charge in [0.1, 0.15) is 5.84 Å². The quantitative estimate of drug-likeness (QED) is 0.683. The van der Waals surface area contributed by atoms with E-state index in [0.717, 1.165) is 4.88 Å². The zero-order valence-corrected chi connectivity index (χ0v) is 15.6. The van der Waals surface area contributed by atoms with Crippen molar-refractivity contribution in [3.63, 3.8) is 0 Å². The fourth-order valence-electron chi connectivity index (χ4n) is 2.37. The Morgan fingerprint density at radius 1 is 1.38 bits per heavy atom. The number of ether oxygens (including phenoxy) is 1. The number of sulfonamides is 1. The number of nitrogens with zero attached hydrogens (tertiary/aromatic N) is 3. The molecule has 26 heavy (non-hydrogen) atoms. The molecule has 0 spiro atoms. The fraction of sp³-hybridized carbons (Fsp3) is 0.312. The van der Waals surface area contributed by atoms with Gasteiger partial charge in [-0.25, -0.2) is 13.2 Å². The van der Waals surface area contributed by atoms with Crippen molar-refractivity contribution in [2.45, 2.75) is 6.54 Å². The lowest BCUT2D eigenvalue weighted by molar-refractivity contribution is -0.148. The molecule has 1 amide bonds. The number of likely N-dealkylation sites (N-methyl/N-ethyl adjacent to an activating group) is 1. The van der Waals surface area contributed by atoms with Gasteiger partial charge in [0, 0.05) is 24.7 Å². The molecule has 138 valence electrons. The van der Waals surface area contributed by atoms with Crippen LogP contribution in [0, 0.1) is 0 Å². The minimum Gasteiger partial charge on any atom is -0.452 e. The summed E-state index contributed by atoms with van der Waals surface area (Å²) in [5, 5.41) is 1.93. The highest BCUT2D eigenvalue weighted by molar-refractivity contribution is 7.90. The number of esters is 1. The minimum absolute atomic E-state index is 0.116. The van der Waals surface area contributed by atoms with E-state index in [4.69, 9.17) is 4.74 Å². The molecule has 2 aliphatic rings. The van der Waals surface area contributed by atoms with Crippen molar-refractivity contribution < 1.29 is 22.7 Å². The van der Waals surface area contributed by atoms with E-state index >= 15 is 0 Å². The second kappa shape index (κ2) is 7.42. The van der Waals surface area contributed by atoms with Crippen LogP contribution in [0.5, 0.6) is 0 Å². The summed E-state index contributed by atoms with van der Waals surface area (Å²) >= 11 is 1.55. The normalized spacial score (nSPS) is 17.8. The van der Waals surface area contributed by atoms with E-state index in [0.29, 0.717) is 6.54 Å². The van der Waals surface area contributed by atoms with E-state index in [-0.39, 0.29) is 36.2 Å². The third-order valence-electron chi connectivity index (χ3n) is 3.79. The highest BCUT2D eigenvalue weighted by Crippen LogP contribution is 2.17. The Bertz CT molecular complexity index is 900. The summed E-state index contributed by atoms with van der Waals surface area (Å²) in [6.45, 7) is 0.310. The molecule has 0 radical (unpaired) electrons. The van der Waals surface area contributed by atoms with Crippen molar-refractivity contribution >= 4 is 39.1 Å². The molecule has 3 rings (SSSR count). The molecule has 0 aromatic carbocycles. The van der Waals surface area contributed by atoms with Crippen LogP contribution in [0.3, 0.4) is 0 Å². The van der Waals surface area contributed by atoms with Crippen LogP contribution in [-0.4, -0.2) is 61.9 Å². The molecule has 0 atom stereocenters. The van der Waals surface area contributed by atoms with Crippen molar-refractivity contribution in [1.29, 1.82) is 0 Å². The average molecular weight is 395 g/mol. The van der Waals surface area contributed by atoms with Crippen LogP contribution in [0.4, 0.5) is 0 Å². The lowest BCUT2D eigenvalue weighted by Gasteiger charge is -2.26. The maximum absolute atomic E-state index is 12.1. The molecule has 0 saturated heterocycles. The van der Waals surface area contributed by atoms with Crippen LogP contribution >= 0.6 is 11.3 Å². The molecule has 10 heteroatoms. The van der Waals surface area contributed by atoms with Gasteiger partial charge in [-0.05, 0) is 23.6 Å². The van der Waals surface area contributed by atoms with Gasteiger partial charge in [0.15, 0.2) is 6.61 Å². The molecular weight excluding hydrogens is 378 g/mol. The Labute approximate surface area is 155 Å². The number of carbonyl (C=O) groups is 2. The van der Waals surface area contributed by atoms with Crippen LogP contribution in [-0.2, 0) is 30.9 Å². The van der Waals surface area contributed by atoms with Gasteiger partial charge in [0.05, 0.1) is 17.9 Å². The summed E-state index contributed by atoms with van der Waals surface area (Å²) in [4.78, 5) is 28.3.